The van der Waals surface area contributed by atoms with Gasteiger partial charge in [-0.25, -0.2) is 5.43 Å². The fourth-order valence-corrected chi connectivity index (χ4v) is 2.67. The van der Waals surface area contributed by atoms with E-state index < -0.39 is 10.8 Å². The highest BCUT2D eigenvalue weighted by Crippen LogP contribution is 2.15. The van der Waals surface area contributed by atoms with Crippen molar-refractivity contribution in [3.63, 3.8) is 0 Å². The fourth-order valence-electron chi connectivity index (χ4n) is 2.67. The van der Waals surface area contributed by atoms with Gasteiger partial charge in [0, 0.05) is 41.1 Å². The van der Waals surface area contributed by atoms with Crippen molar-refractivity contribution >= 4 is 28.9 Å². The second kappa shape index (κ2) is 9.97. The number of nitro groups is 1. The molecule has 9 nitrogen and oxygen atoms in total. The molecule has 0 aliphatic carbocycles. The standard InChI is InChI=1S/C22H20N4O5/c1-15(4-13-20-3-2-14-31-20)24-25-22(28)17-5-9-18(10-6-17)23-21(27)16-7-11-19(12-8-16)26(29)30/h2-3,5-12,14H,4,13H2,1H3,(H,23,27)(H,25,28)/b24-15-. The molecule has 0 radical (unpaired) electrons. The van der Waals surface area contributed by atoms with Crippen LogP contribution in [0.5, 0.6) is 0 Å². The van der Waals surface area contributed by atoms with Gasteiger partial charge in [-0.3, -0.25) is 19.7 Å². The van der Waals surface area contributed by atoms with Gasteiger partial charge in [-0.1, -0.05) is 0 Å². The van der Waals surface area contributed by atoms with Crippen LogP contribution in [0.3, 0.4) is 0 Å². The number of hydrogen-bond donors (Lipinski definition) is 2. The quantitative estimate of drug-likeness (QED) is 0.321. The number of aryl methyl sites for hydroxylation is 1. The molecule has 2 amide bonds. The topological polar surface area (TPSA) is 127 Å². The van der Waals surface area contributed by atoms with E-state index >= 15 is 0 Å². The van der Waals surface area contributed by atoms with Crippen LogP contribution in [0, 0.1) is 10.1 Å². The highest BCUT2D eigenvalue weighted by molar-refractivity contribution is 6.04. The molecule has 0 aliphatic heterocycles. The zero-order valence-corrected chi connectivity index (χ0v) is 16.7. The van der Waals surface area contributed by atoms with E-state index in [0.717, 1.165) is 11.5 Å². The molecule has 31 heavy (non-hydrogen) atoms. The Morgan fingerprint density at radius 2 is 1.65 bits per heavy atom. The number of benzene rings is 2. The molecule has 0 atom stereocenters. The van der Waals surface area contributed by atoms with Crippen molar-refractivity contribution in [2.45, 2.75) is 19.8 Å². The van der Waals surface area contributed by atoms with E-state index in [1.165, 1.54) is 24.3 Å². The second-order valence-corrected chi connectivity index (χ2v) is 6.70. The minimum Gasteiger partial charge on any atom is -0.469 e. The van der Waals surface area contributed by atoms with Crippen molar-refractivity contribution in [3.05, 3.63) is 93.9 Å². The Morgan fingerprint density at radius 3 is 2.26 bits per heavy atom. The average Bonchev–Trinajstić information content (AvgIpc) is 3.30. The number of nitro benzene ring substituents is 1. The van der Waals surface area contributed by atoms with Crippen LogP contribution < -0.4 is 10.7 Å². The summed E-state index contributed by atoms with van der Waals surface area (Å²) in [4.78, 5) is 34.7. The van der Waals surface area contributed by atoms with Gasteiger partial charge in [0.05, 0.1) is 11.2 Å². The number of anilines is 1. The summed E-state index contributed by atoms with van der Waals surface area (Å²) in [5.41, 5.74) is 4.33. The Hall–Kier alpha value is -4.27. The van der Waals surface area contributed by atoms with Crippen molar-refractivity contribution in [2.75, 3.05) is 5.32 Å². The maximum Gasteiger partial charge on any atom is 0.271 e. The predicted molar refractivity (Wildman–Crippen MR) is 115 cm³/mol. The molecule has 0 aliphatic rings. The van der Waals surface area contributed by atoms with Crippen LogP contribution in [0.1, 0.15) is 39.8 Å². The number of carbonyl (C=O) groups excluding carboxylic acids is 2. The van der Waals surface area contributed by atoms with Gasteiger partial charge in [-0.15, -0.1) is 0 Å². The van der Waals surface area contributed by atoms with Crippen LogP contribution >= 0.6 is 0 Å². The smallest absolute Gasteiger partial charge is 0.271 e. The largest absolute Gasteiger partial charge is 0.469 e. The van der Waals surface area contributed by atoms with E-state index in [0.29, 0.717) is 24.1 Å². The first-order valence-electron chi connectivity index (χ1n) is 9.44. The Bertz CT molecular complexity index is 1090. The van der Waals surface area contributed by atoms with Gasteiger partial charge in [0.25, 0.3) is 17.5 Å². The first-order chi connectivity index (χ1) is 14.9. The van der Waals surface area contributed by atoms with Gasteiger partial charge in [0.2, 0.25) is 0 Å². The lowest BCUT2D eigenvalue weighted by atomic mass is 10.1. The molecule has 0 fully saturated rings. The molecule has 2 aromatic carbocycles. The molecule has 158 valence electrons. The normalized spacial score (nSPS) is 11.1. The van der Waals surface area contributed by atoms with Crippen molar-refractivity contribution in [1.29, 1.82) is 0 Å². The lowest BCUT2D eigenvalue weighted by Gasteiger charge is -2.07. The average molecular weight is 420 g/mol. The molecule has 0 spiro atoms. The molecule has 3 aromatic rings. The summed E-state index contributed by atoms with van der Waals surface area (Å²) in [5.74, 6) is 0.0710. The molecule has 0 saturated carbocycles. The highest BCUT2D eigenvalue weighted by atomic mass is 16.6. The number of amides is 2. The predicted octanol–water partition coefficient (Wildman–Crippen LogP) is 4.18. The lowest BCUT2D eigenvalue weighted by Crippen LogP contribution is -2.19. The molecular formula is C22H20N4O5. The minimum absolute atomic E-state index is 0.0919. The van der Waals surface area contributed by atoms with Gasteiger partial charge in [0.1, 0.15) is 5.76 Å². The van der Waals surface area contributed by atoms with E-state index in [1.54, 1.807) is 30.5 Å². The van der Waals surface area contributed by atoms with Crippen molar-refractivity contribution in [2.24, 2.45) is 5.10 Å². The molecule has 1 heterocycles. The van der Waals surface area contributed by atoms with E-state index in [9.17, 15) is 19.7 Å². The highest BCUT2D eigenvalue weighted by Gasteiger charge is 2.11. The van der Waals surface area contributed by atoms with Crippen LogP contribution in [0.15, 0.2) is 76.4 Å². The van der Waals surface area contributed by atoms with E-state index in [-0.39, 0.29) is 17.2 Å². The summed E-state index contributed by atoms with van der Waals surface area (Å²) in [6.07, 6.45) is 2.96. The van der Waals surface area contributed by atoms with Crippen LogP contribution in [0.2, 0.25) is 0 Å². The van der Waals surface area contributed by atoms with Gasteiger partial charge in [-0.05, 0) is 61.9 Å². The van der Waals surface area contributed by atoms with Gasteiger partial charge in [-0.2, -0.15) is 5.10 Å². The molecule has 3 rings (SSSR count). The Morgan fingerprint density at radius 1 is 1.00 bits per heavy atom. The van der Waals surface area contributed by atoms with Gasteiger partial charge >= 0.3 is 0 Å². The fraction of sp³-hybridized carbons (Fsp3) is 0.136. The Balaban J connectivity index is 1.52. The minimum atomic E-state index is -0.532. The first kappa shape index (κ1) is 21.4. The zero-order valence-electron chi connectivity index (χ0n) is 16.7. The van der Waals surface area contributed by atoms with Crippen LogP contribution in [-0.4, -0.2) is 22.4 Å². The summed E-state index contributed by atoms with van der Waals surface area (Å²) in [6, 6.07) is 15.3. The summed E-state index contributed by atoms with van der Waals surface area (Å²) < 4.78 is 5.26. The second-order valence-electron chi connectivity index (χ2n) is 6.70. The van der Waals surface area contributed by atoms with Crippen LogP contribution in [0.25, 0.3) is 0 Å². The lowest BCUT2D eigenvalue weighted by molar-refractivity contribution is -0.384. The van der Waals surface area contributed by atoms with Gasteiger partial charge < -0.3 is 9.73 Å². The van der Waals surface area contributed by atoms with Crippen molar-refractivity contribution in [3.8, 4) is 0 Å². The number of nitrogens with one attached hydrogen (secondary N) is 2. The molecule has 1 aromatic heterocycles. The Labute approximate surface area is 177 Å². The van der Waals surface area contributed by atoms with Crippen LogP contribution in [0.4, 0.5) is 11.4 Å². The number of furan rings is 1. The molecule has 0 unspecified atom stereocenters. The number of rotatable bonds is 8. The van der Waals surface area contributed by atoms with Gasteiger partial charge in [0.15, 0.2) is 0 Å². The summed E-state index contributed by atoms with van der Waals surface area (Å²) >= 11 is 0. The third kappa shape index (κ3) is 6.10. The molecule has 0 bridgehead atoms. The third-order valence-electron chi connectivity index (χ3n) is 4.41. The maximum absolute atomic E-state index is 12.3. The molecule has 9 heteroatoms. The van der Waals surface area contributed by atoms with Crippen molar-refractivity contribution < 1.29 is 18.9 Å². The van der Waals surface area contributed by atoms with E-state index in [2.05, 4.69) is 15.8 Å². The van der Waals surface area contributed by atoms with E-state index in [1.807, 2.05) is 19.1 Å². The summed E-state index contributed by atoms with van der Waals surface area (Å²) in [7, 11) is 0. The third-order valence-corrected chi connectivity index (χ3v) is 4.41. The molecule has 2 N–H and O–H groups in total. The number of carbonyl (C=O) groups is 2. The number of hydrazone groups is 1. The van der Waals surface area contributed by atoms with Crippen molar-refractivity contribution in [1.82, 2.24) is 5.43 Å². The monoisotopic (exact) mass is 420 g/mol. The SMILES string of the molecule is C/C(CCc1ccco1)=N/NC(=O)c1ccc(NC(=O)c2ccc([N+](=O)[O-])cc2)cc1. The van der Waals surface area contributed by atoms with E-state index in [4.69, 9.17) is 4.42 Å². The Kier molecular flexibility index (Phi) is 6.89. The maximum atomic E-state index is 12.3. The number of hydrogen-bond acceptors (Lipinski definition) is 6. The summed E-state index contributed by atoms with van der Waals surface area (Å²) in [6.45, 7) is 1.82. The molecular weight excluding hydrogens is 400 g/mol. The summed E-state index contributed by atoms with van der Waals surface area (Å²) in [5, 5.41) is 17.4. The first-order valence-corrected chi connectivity index (χ1v) is 9.44. The van der Waals surface area contributed by atoms with Crippen LogP contribution in [-0.2, 0) is 6.42 Å². The zero-order chi connectivity index (χ0) is 22.2. The molecule has 0 saturated heterocycles. The number of nitrogens with zero attached hydrogens (tertiary/aromatic N) is 2. The number of non-ortho nitro benzene ring substituents is 1.